The SMILES string of the molecule is O=C(OCc1ccccc1)C1=CC[C@@H]2CC(=O)N12. The van der Waals surface area contributed by atoms with Crippen molar-refractivity contribution in [2.75, 3.05) is 0 Å². The number of hydrogen-bond donors (Lipinski definition) is 0. The summed E-state index contributed by atoms with van der Waals surface area (Å²) in [6.07, 6.45) is 3.11. The smallest absolute Gasteiger partial charge is 0.355 e. The van der Waals surface area contributed by atoms with Gasteiger partial charge in [0.15, 0.2) is 0 Å². The molecule has 0 bridgehead atoms. The maximum Gasteiger partial charge on any atom is 0.355 e. The van der Waals surface area contributed by atoms with E-state index in [1.807, 2.05) is 30.3 Å². The van der Waals surface area contributed by atoms with Crippen LogP contribution in [0.3, 0.4) is 0 Å². The van der Waals surface area contributed by atoms with E-state index in [1.54, 1.807) is 11.0 Å². The maximum absolute atomic E-state index is 11.9. The van der Waals surface area contributed by atoms with Crippen LogP contribution in [0.25, 0.3) is 0 Å². The van der Waals surface area contributed by atoms with Crippen molar-refractivity contribution in [3.05, 3.63) is 47.7 Å². The Balaban J connectivity index is 1.61. The molecule has 2 aliphatic heterocycles. The lowest BCUT2D eigenvalue weighted by Gasteiger charge is -2.35. The first-order valence-corrected chi connectivity index (χ1v) is 5.99. The quantitative estimate of drug-likeness (QED) is 0.598. The predicted octanol–water partition coefficient (Wildman–Crippen LogP) is 1.62. The van der Waals surface area contributed by atoms with Crippen molar-refractivity contribution in [3.63, 3.8) is 0 Å². The minimum atomic E-state index is -0.408. The number of benzene rings is 1. The van der Waals surface area contributed by atoms with E-state index in [0.717, 1.165) is 12.0 Å². The van der Waals surface area contributed by atoms with Crippen molar-refractivity contribution in [2.45, 2.75) is 25.5 Å². The van der Waals surface area contributed by atoms with Gasteiger partial charge in [-0.1, -0.05) is 36.4 Å². The maximum atomic E-state index is 11.9. The standard InChI is InChI=1S/C14H13NO3/c16-13-8-11-6-7-12(15(11)13)14(17)18-9-10-4-2-1-3-5-10/h1-5,7,11H,6,8-9H2/t11-/m1/s1. The number of ether oxygens (including phenoxy) is 1. The summed E-state index contributed by atoms with van der Waals surface area (Å²) in [6.45, 7) is 0.240. The third-order valence-electron chi connectivity index (χ3n) is 3.31. The Morgan fingerprint density at radius 2 is 2.11 bits per heavy atom. The van der Waals surface area contributed by atoms with Gasteiger partial charge in [-0.25, -0.2) is 4.79 Å². The molecule has 1 fully saturated rings. The fraction of sp³-hybridized carbons (Fsp3) is 0.286. The molecule has 18 heavy (non-hydrogen) atoms. The van der Waals surface area contributed by atoms with E-state index < -0.39 is 5.97 Å². The highest BCUT2D eigenvalue weighted by molar-refractivity contribution is 5.98. The number of carbonyl (C=O) groups excluding carboxylic acids is 2. The van der Waals surface area contributed by atoms with Crippen molar-refractivity contribution >= 4 is 11.9 Å². The molecule has 0 aliphatic carbocycles. The number of esters is 1. The van der Waals surface area contributed by atoms with E-state index in [2.05, 4.69) is 0 Å². The summed E-state index contributed by atoms with van der Waals surface area (Å²) in [4.78, 5) is 24.8. The van der Waals surface area contributed by atoms with Crippen molar-refractivity contribution < 1.29 is 14.3 Å². The molecule has 1 aromatic carbocycles. The molecule has 1 atom stereocenters. The number of nitrogens with zero attached hydrogens (tertiary/aromatic N) is 1. The topological polar surface area (TPSA) is 46.6 Å². The molecule has 1 saturated heterocycles. The third kappa shape index (κ3) is 1.79. The van der Waals surface area contributed by atoms with E-state index in [9.17, 15) is 9.59 Å². The zero-order valence-electron chi connectivity index (χ0n) is 9.83. The highest BCUT2D eigenvalue weighted by Crippen LogP contribution is 2.34. The molecule has 4 nitrogen and oxygen atoms in total. The minimum Gasteiger partial charge on any atom is -0.456 e. The fourth-order valence-corrected chi connectivity index (χ4v) is 2.33. The summed E-state index contributed by atoms with van der Waals surface area (Å²) < 4.78 is 5.21. The first-order chi connectivity index (χ1) is 8.75. The molecule has 1 amide bonds. The van der Waals surface area contributed by atoms with Crippen LogP contribution in [0.2, 0.25) is 0 Å². The van der Waals surface area contributed by atoms with Gasteiger partial charge in [0.05, 0.1) is 0 Å². The van der Waals surface area contributed by atoms with Gasteiger partial charge in [-0.05, 0) is 12.0 Å². The largest absolute Gasteiger partial charge is 0.456 e. The fourth-order valence-electron chi connectivity index (χ4n) is 2.33. The van der Waals surface area contributed by atoms with Crippen LogP contribution in [0.5, 0.6) is 0 Å². The van der Waals surface area contributed by atoms with E-state index in [1.165, 1.54) is 0 Å². The van der Waals surface area contributed by atoms with E-state index >= 15 is 0 Å². The minimum absolute atomic E-state index is 0.0143. The summed E-state index contributed by atoms with van der Waals surface area (Å²) in [5, 5.41) is 0. The van der Waals surface area contributed by atoms with E-state index in [0.29, 0.717) is 12.1 Å². The molecule has 2 heterocycles. The first-order valence-electron chi connectivity index (χ1n) is 5.99. The molecular formula is C14H13NO3. The van der Waals surface area contributed by atoms with Crippen LogP contribution in [0, 0.1) is 0 Å². The van der Waals surface area contributed by atoms with Gasteiger partial charge in [0.1, 0.15) is 12.3 Å². The van der Waals surface area contributed by atoms with Crippen LogP contribution in [0.15, 0.2) is 42.1 Å². The monoisotopic (exact) mass is 243 g/mol. The molecule has 0 saturated carbocycles. The number of amides is 1. The zero-order chi connectivity index (χ0) is 12.5. The molecule has 4 heteroatoms. The normalized spacial score (nSPS) is 21.1. The first kappa shape index (κ1) is 11.0. The zero-order valence-corrected chi connectivity index (χ0v) is 9.83. The van der Waals surface area contributed by atoms with Crippen LogP contribution in [-0.2, 0) is 20.9 Å². The molecule has 2 aliphatic rings. The summed E-state index contributed by atoms with van der Waals surface area (Å²) >= 11 is 0. The molecule has 0 N–H and O–H groups in total. The number of rotatable bonds is 3. The van der Waals surface area contributed by atoms with Crippen molar-refractivity contribution in [3.8, 4) is 0 Å². The van der Waals surface area contributed by atoms with Crippen LogP contribution in [0.4, 0.5) is 0 Å². The Bertz CT molecular complexity index is 521. The Morgan fingerprint density at radius 1 is 1.33 bits per heavy atom. The van der Waals surface area contributed by atoms with Gasteiger partial charge in [-0.3, -0.25) is 4.79 Å². The van der Waals surface area contributed by atoms with Crippen molar-refractivity contribution in [2.24, 2.45) is 0 Å². The van der Waals surface area contributed by atoms with Gasteiger partial charge >= 0.3 is 5.97 Å². The van der Waals surface area contributed by atoms with Gasteiger partial charge in [-0.15, -0.1) is 0 Å². The van der Waals surface area contributed by atoms with Crippen molar-refractivity contribution in [1.82, 2.24) is 4.90 Å². The van der Waals surface area contributed by atoms with E-state index in [4.69, 9.17) is 4.74 Å². The van der Waals surface area contributed by atoms with Crippen LogP contribution in [-0.4, -0.2) is 22.8 Å². The molecule has 92 valence electrons. The molecule has 0 radical (unpaired) electrons. The Kier molecular flexibility index (Phi) is 2.63. The Morgan fingerprint density at radius 3 is 2.83 bits per heavy atom. The second-order valence-electron chi connectivity index (χ2n) is 4.51. The third-order valence-corrected chi connectivity index (χ3v) is 3.31. The van der Waals surface area contributed by atoms with Gasteiger partial charge in [0.2, 0.25) is 5.91 Å². The number of fused-ring (bicyclic) bond motifs is 1. The van der Waals surface area contributed by atoms with Gasteiger partial charge < -0.3 is 9.64 Å². The lowest BCUT2D eigenvalue weighted by atomic mass is 10.0. The molecule has 0 aromatic heterocycles. The highest BCUT2D eigenvalue weighted by Gasteiger charge is 2.44. The number of hydrogen-bond acceptors (Lipinski definition) is 3. The van der Waals surface area contributed by atoms with Crippen molar-refractivity contribution in [1.29, 1.82) is 0 Å². The van der Waals surface area contributed by atoms with Gasteiger partial charge in [-0.2, -0.15) is 0 Å². The summed E-state index contributed by atoms with van der Waals surface area (Å²) in [5.74, 6) is -0.394. The highest BCUT2D eigenvalue weighted by atomic mass is 16.5. The van der Waals surface area contributed by atoms with Crippen LogP contribution < -0.4 is 0 Å². The second kappa shape index (κ2) is 4.29. The average Bonchev–Trinajstić information content (AvgIpc) is 2.74. The van der Waals surface area contributed by atoms with Crippen LogP contribution >= 0.6 is 0 Å². The number of β-lactam (4-membered cyclic amide) rings is 1. The second-order valence-corrected chi connectivity index (χ2v) is 4.51. The lowest BCUT2D eigenvalue weighted by molar-refractivity contribution is -0.150. The van der Waals surface area contributed by atoms with Gasteiger partial charge in [0, 0.05) is 12.5 Å². The number of carbonyl (C=O) groups is 2. The lowest BCUT2D eigenvalue weighted by Crippen LogP contribution is -2.49. The Hall–Kier alpha value is -2.10. The molecule has 3 rings (SSSR count). The summed E-state index contributed by atoms with van der Waals surface area (Å²) in [6, 6.07) is 9.69. The Labute approximate surface area is 105 Å². The van der Waals surface area contributed by atoms with E-state index in [-0.39, 0.29) is 18.6 Å². The van der Waals surface area contributed by atoms with Crippen LogP contribution in [0.1, 0.15) is 18.4 Å². The molecular weight excluding hydrogens is 230 g/mol. The summed E-state index contributed by atoms with van der Waals surface area (Å²) in [7, 11) is 0. The average molecular weight is 243 g/mol. The molecule has 0 unspecified atom stereocenters. The molecule has 1 aromatic rings. The predicted molar refractivity (Wildman–Crippen MR) is 64.2 cm³/mol. The molecule has 0 spiro atoms. The van der Waals surface area contributed by atoms with Gasteiger partial charge in [0.25, 0.3) is 0 Å². The summed E-state index contributed by atoms with van der Waals surface area (Å²) in [5.41, 5.74) is 1.35.